The Morgan fingerprint density at radius 1 is 1.12 bits per heavy atom. The van der Waals surface area contributed by atoms with E-state index in [1.54, 1.807) is 0 Å². The van der Waals surface area contributed by atoms with E-state index < -0.39 is 0 Å². The number of fused-ring (bicyclic) bond motifs is 4. The number of nitrogens with zero attached hydrogens (tertiary/aromatic N) is 2. The fourth-order valence-electron chi connectivity index (χ4n) is 5.14. The van der Waals surface area contributed by atoms with Crippen LogP contribution >= 0.6 is 0 Å². The van der Waals surface area contributed by atoms with Gasteiger partial charge in [-0.25, -0.2) is 4.98 Å². The predicted molar refractivity (Wildman–Crippen MR) is 101 cm³/mol. The number of aromatic nitrogens is 3. The molecular formula is C22H25N3. The number of aromatic amines is 1. The zero-order chi connectivity index (χ0) is 16.8. The molecule has 1 unspecified atom stereocenters. The molecule has 0 spiro atoms. The van der Waals surface area contributed by atoms with Crippen LogP contribution in [0.25, 0.3) is 22.3 Å². The third-order valence-corrected chi connectivity index (χ3v) is 6.46. The van der Waals surface area contributed by atoms with E-state index >= 15 is 0 Å². The SMILES string of the molecule is Cc1cnc2[nH]cc(-c3cc(CC4CC5CCC4CC5)ccn3)c2c1. The van der Waals surface area contributed by atoms with Crippen molar-refractivity contribution < 1.29 is 0 Å². The number of hydrogen-bond donors (Lipinski definition) is 1. The van der Waals surface area contributed by atoms with Gasteiger partial charge >= 0.3 is 0 Å². The van der Waals surface area contributed by atoms with Gasteiger partial charge in [0.2, 0.25) is 0 Å². The van der Waals surface area contributed by atoms with E-state index in [0.29, 0.717) is 0 Å². The topological polar surface area (TPSA) is 41.6 Å². The zero-order valence-corrected chi connectivity index (χ0v) is 14.8. The molecule has 3 saturated carbocycles. The quantitative estimate of drug-likeness (QED) is 0.707. The van der Waals surface area contributed by atoms with Crippen molar-refractivity contribution in [3.63, 3.8) is 0 Å². The first-order chi connectivity index (χ1) is 12.3. The molecule has 0 radical (unpaired) electrons. The third-order valence-electron chi connectivity index (χ3n) is 6.46. The summed E-state index contributed by atoms with van der Waals surface area (Å²) in [5, 5.41) is 1.17. The Kier molecular flexibility index (Phi) is 3.61. The summed E-state index contributed by atoms with van der Waals surface area (Å²) in [5.74, 6) is 2.84. The van der Waals surface area contributed by atoms with Crippen LogP contribution in [0.4, 0.5) is 0 Å². The number of nitrogens with one attached hydrogen (secondary N) is 1. The van der Waals surface area contributed by atoms with E-state index in [-0.39, 0.29) is 0 Å². The highest BCUT2D eigenvalue weighted by molar-refractivity contribution is 5.92. The van der Waals surface area contributed by atoms with Crippen molar-refractivity contribution in [2.45, 2.75) is 45.4 Å². The molecule has 3 aromatic rings. The smallest absolute Gasteiger partial charge is 0.137 e. The molecule has 25 heavy (non-hydrogen) atoms. The zero-order valence-electron chi connectivity index (χ0n) is 14.8. The lowest BCUT2D eigenvalue weighted by molar-refractivity contribution is 0.0991. The summed E-state index contributed by atoms with van der Waals surface area (Å²) in [6.45, 7) is 2.09. The maximum atomic E-state index is 4.65. The largest absolute Gasteiger partial charge is 0.345 e. The van der Waals surface area contributed by atoms with Crippen LogP contribution in [0.3, 0.4) is 0 Å². The Hall–Kier alpha value is -2.16. The molecule has 0 amide bonds. The number of aryl methyl sites for hydroxylation is 1. The van der Waals surface area contributed by atoms with Crippen LogP contribution in [0.1, 0.15) is 43.2 Å². The van der Waals surface area contributed by atoms with Crippen molar-refractivity contribution in [3.8, 4) is 11.3 Å². The summed E-state index contributed by atoms with van der Waals surface area (Å²) in [6.07, 6.45) is 14.5. The van der Waals surface area contributed by atoms with Gasteiger partial charge < -0.3 is 4.98 Å². The van der Waals surface area contributed by atoms with Crippen LogP contribution < -0.4 is 0 Å². The van der Waals surface area contributed by atoms with Gasteiger partial charge in [-0.1, -0.05) is 12.8 Å². The van der Waals surface area contributed by atoms with Crippen LogP contribution in [-0.2, 0) is 6.42 Å². The molecular weight excluding hydrogens is 306 g/mol. The van der Waals surface area contributed by atoms with Crippen LogP contribution in [-0.4, -0.2) is 15.0 Å². The van der Waals surface area contributed by atoms with Crippen LogP contribution in [0, 0.1) is 24.7 Å². The maximum Gasteiger partial charge on any atom is 0.137 e. The molecule has 0 saturated heterocycles. The molecule has 3 aromatic heterocycles. The Morgan fingerprint density at radius 2 is 2.00 bits per heavy atom. The lowest BCUT2D eigenvalue weighted by Crippen LogP contribution is -2.32. The Labute approximate surface area is 148 Å². The minimum atomic E-state index is 0.884. The lowest BCUT2D eigenvalue weighted by Gasteiger charge is -2.42. The molecule has 3 nitrogen and oxygen atoms in total. The second-order valence-corrected chi connectivity index (χ2v) is 8.14. The van der Waals surface area contributed by atoms with Crippen LogP contribution in [0.2, 0.25) is 0 Å². The summed E-state index contributed by atoms with van der Waals surface area (Å²) < 4.78 is 0. The van der Waals surface area contributed by atoms with Gasteiger partial charge in [0.25, 0.3) is 0 Å². The summed E-state index contributed by atoms with van der Waals surface area (Å²) in [7, 11) is 0. The Balaban J connectivity index is 1.45. The van der Waals surface area contributed by atoms with E-state index in [4.69, 9.17) is 0 Å². The predicted octanol–water partition coefficient (Wildman–Crippen LogP) is 5.30. The molecule has 0 aromatic carbocycles. The molecule has 3 fully saturated rings. The van der Waals surface area contributed by atoms with Gasteiger partial charge in [-0.2, -0.15) is 0 Å². The molecule has 128 valence electrons. The van der Waals surface area contributed by atoms with Crippen molar-refractivity contribution in [1.82, 2.24) is 15.0 Å². The first kappa shape index (κ1) is 15.1. The molecule has 3 aliphatic carbocycles. The molecule has 6 rings (SSSR count). The molecule has 3 aliphatic rings. The van der Waals surface area contributed by atoms with Gasteiger partial charge in [-0.15, -0.1) is 0 Å². The van der Waals surface area contributed by atoms with Gasteiger partial charge in [0.1, 0.15) is 5.65 Å². The minimum Gasteiger partial charge on any atom is -0.345 e. The lowest BCUT2D eigenvalue weighted by atomic mass is 9.63. The maximum absolute atomic E-state index is 4.65. The summed E-state index contributed by atoms with van der Waals surface area (Å²) in [5.41, 5.74) is 5.80. The highest BCUT2D eigenvalue weighted by atomic mass is 14.8. The minimum absolute atomic E-state index is 0.884. The van der Waals surface area contributed by atoms with Crippen molar-refractivity contribution in [1.29, 1.82) is 0 Å². The second kappa shape index (κ2) is 5.98. The molecule has 2 bridgehead atoms. The normalized spacial score (nSPS) is 25.6. The van der Waals surface area contributed by atoms with Crippen molar-refractivity contribution in [3.05, 3.63) is 47.9 Å². The van der Waals surface area contributed by atoms with Gasteiger partial charge in [0.15, 0.2) is 0 Å². The van der Waals surface area contributed by atoms with Crippen LogP contribution in [0.5, 0.6) is 0 Å². The highest BCUT2D eigenvalue weighted by Gasteiger charge is 2.35. The van der Waals surface area contributed by atoms with Crippen molar-refractivity contribution in [2.75, 3.05) is 0 Å². The van der Waals surface area contributed by atoms with Gasteiger partial charge in [0.05, 0.1) is 5.69 Å². The first-order valence-corrected chi connectivity index (χ1v) is 9.65. The van der Waals surface area contributed by atoms with Crippen LogP contribution in [0.15, 0.2) is 36.8 Å². The van der Waals surface area contributed by atoms with E-state index in [1.807, 2.05) is 18.6 Å². The number of rotatable bonds is 3. The summed E-state index contributed by atoms with van der Waals surface area (Å²) in [6, 6.07) is 6.71. The van der Waals surface area contributed by atoms with E-state index in [1.165, 1.54) is 60.6 Å². The number of hydrogen-bond acceptors (Lipinski definition) is 2. The Morgan fingerprint density at radius 3 is 2.80 bits per heavy atom. The summed E-state index contributed by atoms with van der Waals surface area (Å²) >= 11 is 0. The average Bonchev–Trinajstić information content (AvgIpc) is 3.06. The van der Waals surface area contributed by atoms with Gasteiger partial charge in [-0.3, -0.25) is 4.98 Å². The van der Waals surface area contributed by atoms with Gasteiger partial charge in [-0.05, 0) is 79.7 Å². The Bertz CT molecular complexity index is 903. The van der Waals surface area contributed by atoms with E-state index in [0.717, 1.165) is 29.1 Å². The van der Waals surface area contributed by atoms with Crippen molar-refractivity contribution in [2.24, 2.45) is 17.8 Å². The number of H-pyrrole nitrogens is 1. The molecule has 0 aliphatic heterocycles. The number of pyridine rings is 2. The first-order valence-electron chi connectivity index (χ1n) is 9.65. The fraction of sp³-hybridized carbons (Fsp3) is 0.455. The van der Waals surface area contributed by atoms with E-state index in [9.17, 15) is 0 Å². The fourth-order valence-corrected chi connectivity index (χ4v) is 5.14. The van der Waals surface area contributed by atoms with Gasteiger partial charge in [0, 0.05) is 29.5 Å². The molecule has 3 heterocycles. The standard InChI is InChI=1S/C22H25N3/c1-14-8-19-20(13-25-22(19)24-12-14)21-11-16(6-7-23-21)10-18-9-15-2-4-17(18)5-3-15/h6-8,11-13,15,17-18H,2-5,9-10H2,1H3,(H,24,25). The van der Waals surface area contributed by atoms with Crippen molar-refractivity contribution >= 4 is 11.0 Å². The monoisotopic (exact) mass is 331 g/mol. The molecule has 1 N–H and O–H groups in total. The average molecular weight is 331 g/mol. The highest BCUT2D eigenvalue weighted by Crippen LogP contribution is 2.46. The summed E-state index contributed by atoms with van der Waals surface area (Å²) in [4.78, 5) is 12.4. The third kappa shape index (κ3) is 2.76. The molecule has 1 atom stereocenters. The van der Waals surface area contributed by atoms with E-state index in [2.05, 4.69) is 40.1 Å². The molecule has 3 heteroatoms. The second-order valence-electron chi connectivity index (χ2n) is 8.14.